The number of aryl methyl sites for hydroxylation is 2. The Labute approximate surface area is 112 Å². The molecular formula is C15H17N3O. The van der Waals surface area contributed by atoms with Crippen molar-refractivity contribution in [3.63, 3.8) is 0 Å². The summed E-state index contributed by atoms with van der Waals surface area (Å²) in [5.41, 5.74) is 15.8. The first-order valence-electron chi connectivity index (χ1n) is 6.00. The molecule has 0 spiro atoms. The molecule has 0 radical (unpaired) electrons. The van der Waals surface area contributed by atoms with Crippen LogP contribution in [-0.2, 0) is 0 Å². The monoisotopic (exact) mass is 255 g/mol. The summed E-state index contributed by atoms with van der Waals surface area (Å²) in [6.45, 7) is 4.05. The van der Waals surface area contributed by atoms with Gasteiger partial charge in [0.15, 0.2) is 0 Å². The minimum atomic E-state index is -0.501. The number of carbonyl (C=O) groups excluding carboxylic acids is 1. The summed E-state index contributed by atoms with van der Waals surface area (Å²) in [6.07, 6.45) is 0. The SMILES string of the molecule is Cc1cc(C)cc(Nc2ccc(N)cc2C(N)=O)c1. The number of hydrogen-bond acceptors (Lipinski definition) is 3. The van der Waals surface area contributed by atoms with Crippen LogP contribution < -0.4 is 16.8 Å². The molecule has 0 aliphatic rings. The number of nitrogens with two attached hydrogens (primary N) is 2. The van der Waals surface area contributed by atoms with E-state index in [1.165, 1.54) is 0 Å². The molecule has 98 valence electrons. The Hall–Kier alpha value is -2.49. The van der Waals surface area contributed by atoms with Crippen LogP contribution in [0, 0.1) is 13.8 Å². The average molecular weight is 255 g/mol. The van der Waals surface area contributed by atoms with Crippen molar-refractivity contribution >= 4 is 23.0 Å². The molecule has 0 fully saturated rings. The number of nitrogens with one attached hydrogen (secondary N) is 1. The maximum Gasteiger partial charge on any atom is 0.250 e. The Bertz CT molecular complexity index is 615. The minimum absolute atomic E-state index is 0.388. The highest BCUT2D eigenvalue weighted by Gasteiger charge is 2.09. The molecule has 0 bridgehead atoms. The van der Waals surface area contributed by atoms with Crippen LogP contribution >= 0.6 is 0 Å². The number of primary amides is 1. The number of amides is 1. The van der Waals surface area contributed by atoms with Crippen molar-refractivity contribution in [2.75, 3.05) is 11.1 Å². The van der Waals surface area contributed by atoms with Crippen LogP contribution in [0.15, 0.2) is 36.4 Å². The van der Waals surface area contributed by atoms with Crippen molar-refractivity contribution in [1.82, 2.24) is 0 Å². The maximum atomic E-state index is 11.4. The number of rotatable bonds is 3. The summed E-state index contributed by atoms with van der Waals surface area (Å²) in [5, 5.41) is 3.21. The van der Waals surface area contributed by atoms with E-state index in [0.717, 1.165) is 16.8 Å². The van der Waals surface area contributed by atoms with Crippen molar-refractivity contribution in [3.8, 4) is 0 Å². The lowest BCUT2D eigenvalue weighted by atomic mass is 10.1. The van der Waals surface area contributed by atoms with E-state index in [9.17, 15) is 4.79 Å². The third kappa shape index (κ3) is 3.04. The molecule has 5 N–H and O–H groups in total. The van der Waals surface area contributed by atoms with Gasteiger partial charge in [-0.05, 0) is 55.3 Å². The molecule has 0 aliphatic heterocycles. The summed E-state index contributed by atoms with van der Waals surface area (Å²) in [5.74, 6) is -0.501. The highest BCUT2D eigenvalue weighted by atomic mass is 16.1. The number of benzene rings is 2. The molecule has 0 aliphatic carbocycles. The zero-order valence-electron chi connectivity index (χ0n) is 11.0. The molecule has 2 aromatic carbocycles. The van der Waals surface area contributed by atoms with Crippen LogP contribution in [0.25, 0.3) is 0 Å². The van der Waals surface area contributed by atoms with Gasteiger partial charge in [0.1, 0.15) is 0 Å². The Balaban J connectivity index is 2.40. The molecule has 0 unspecified atom stereocenters. The predicted molar refractivity (Wildman–Crippen MR) is 78.6 cm³/mol. The van der Waals surface area contributed by atoms with Crippen molar-refractivity contribution in [2.45, 2.75) is 13.8 Å². The molecule has 0 saturated carbocycles. The number of anilines is 3. The normalized spacial score (nSPS) is 10.2. The van der Waals surface area contributed by atoms with E-state index in [2.05, 4.69) is 11.4 Å². The molecule has 0 atom stereocenters. The standard InChI is InChI=1S/C15H17N3O/c1-9-5-10(2)7-12(6-9)18-14-4-3-11(16)8-13(14)15(17)19/h3-8,18H,16H2,1-2H3,(H2,17,19). The van der Waals surface area contributed by atoms with Crippen LogP contribution in [0.2, 0.25) is 0 Å². The highest BCUT2D eigenvalue weighted by Crippen LogP contribution is 2.24. The van der Waals surface area contributed by atoms with E-state index >= 15 is 0 Å². The third-order valence-corrected chi connectivity index (χ3v) is 2.81. The number of nitrogen functional groups attached to an aromatic ring is 1. The first-order chi connectivity index (χ1) is 8.95. The first kappa shape index (κ1) is 13.0. The summed E-state index contributed by atoms with van der Waals surface area (Å²) < 4.78 is 0. The summed E-state index contributed by atoms with van der Waals surface area (Å²) in [4.78, 5) is 11.4. The van der Waals surface area contributed by atoms with Gasteiger partial charge >= 0.3 is 0 Å². The van der Waals surface area contributed by atoms with Crippen LogP contribution in [0.3, 0.4) is 0 Å². The predicted octanol–water partition coefficient (Wildman–Crippen LogP) is 2.73. The molecule has 0 saturated heterocycles. The van der Waals surface area contributed by atoms with Crippen LogP contribution in [0.1, 0.15) is 21.5 Å². The zero-order valence-corrected chi connectivity index (χ0v) is 11.0. The van der Waals surface area contributed by atoms with Crippen molar-refractivity contribution in [2.24, 2.45) is 5.73 Å². The van der Waals surface area contributed by atoms with Gasteiger partial charge in [-0.1, -0.05) is 6.07 Å². The van der Waals surface area contributed by atoms with Crippen LogP contribution in [-0.4, -0.2) is 5.91 Å². The number of carbonyl (C=O) groups is 1. The lowest BCUT2D eigenvalue weighted by molar-refractivity contribution is 0.100. The Morgan fingerprint density at radius 3 is 2.26 bits per heavy atom. The Morgan fingerprint density at radius 1 is 1.05 bits per heavy atom. The van der Waals surface area contributed by atoms with E-state index in [1.54, 1.807) is 18.2 Å². The molecule has 0 heterocycles. The summed E-state index contributed by atoms with van der Waals surface area (Å²) in [7, 11) is 0. The lowest BCUT2D eigenvalue weighted by Crippen LogP contribution is -2.13. The second kappa shape index (κ2) is 5.02. The molecule has 0 aromatic heterocycles. The molecule has 19 heavy (non-hydrogen) atoms. The van der Waals surface area contributed by atoms with E-state index in [0.29, 0.717) is 16.9 Å². The second-order valence-corrected chi connectivity index (χ2v) is 4.67. The average Bonchev–Trinajstić information content (AvgIpc) is 2.30. The molecule has 4 heteroatoms. The van der Waals surface area contributed by atoms with Gasteiger partial charge in [-0.25, -0.2) is 0 Å². The highest BCUT2D eigenvalue weighted by molar-refractivity contribution is 6.00. The van der Waals surface area contributed by atoms with Gasteiger partial charge in [0, 0.05) is 11.4 Å². The van der Waals surface area contributed by atoms with E-state index < -0.39 is 5.91 Å². The van der Waals surface area contributed by atoms with Gasteiger partial charge in [0.05, 0.1) is 11.3 Å². The zero-order chi connectivity index (χ0) is 14.0. The van der Waals surface area contributed by atoms with Gasteiger partial charge in [-0.15, -0.1) is 0 Å². The van der Waals surface area contributed by atoms with Crippen molar-refractivity contribution in [1.29, 1.82) is 0 Å². The van der Waals surface area contributed by atoms with Crippen LogP contribution in [0.5, 0.6) is 0 Å². The molecule has 2 aromatic rings. The van der Waals surface area contributed by atoms with E-state index in [1.807, 2.05) is 26.0 Å². The van der Waals surface area contributed by atoms with Crippen molar-refractivity contribution < 1.29 is 4.79 Å². The smallest absolute Gasteiger partial charge is 0.250 e. The Morgan fingerprint density at radius 2 is 1.68 bits per heavy atom. The largest absolute Gasteiger partial charge is 0.399 e. The van der Waals surface area contributed by atoms with Gasteiger partial charge in [0.2, 0.25) is 0 Å². The van der Waals surface area contributed by atoms with Gasteiger partial charge in [0.25, 0.3) is 5.91 Å². The van der Waals surface area contributed by atoms with E-state index in [-0.39, 0.29) is 0 Å². The third-order valence-electron chi connectivity index (χ3n) is 2.81. The molecular weight excluding hydrogens is 238 g/mol. The molecule has 2 rings (SSSR count). The molecule has 1 amide bonds. The number of hydrogen-bond donors (Lipinski definition) is 3. The maximum absolute atomic E-state index is 11.4. The summed E-state index contributed by atoms with van der Waals surface area (Å²) >= 11 is 0. The quantitative estimate of drug-likeness (QED) is 0.737. The fraction of sp³-hybridized carbons (Fsp3) is 0.133. The first-order valence-corrected chi connectivity index (χ1v) is 6.00. The summed E-state index contributed by atoms with van der Waals surface area (Å²) in [6, 6.07) is 11.2. The fourth-order valence-electron chi connectivity index (χ4n) is 2.08. The van der Waals surface area contributed by atoms with Gasteiger partial charge in [-0.3, -0.25) is 4.79 Å². The van der Waals surface area contributed by atoms with Crippen molar-refractivity contribution in [3.05, 3.63) is 53.1 Å². The van der Waals surface area contributed by atoms with Crippen LogP contribution in [0.4, 0.5) is 17.1 Å². The second-order valence-electron chi connectivity index (χ2n) is 4.67. The van der Waals surface area contributed by atoms with E-state index in [4.69, 9.17) is 11.5 Å². The Kier molecular flexibility index (Phi) is 3.42. The topological polar surface area (TPSA) is 81.1 Å². The van der Waals surface area contributed by atoms with Gasteiger partial charge in [-0.2, -0.15) is 0 Å². The fourth-order valence-corrected chi connectivity index (χ4v) is 2.08. The lowest BCUT2D eigenvalue weighted by Gasteiger charge is -2.12. The minimum Gasteiger partial charge on any atom is -0.399 e. The molecule has 4 nitrogen and oxygen atoms in total. The van der Waals surface area contributed by atoms with Gasteiger partial charge < -0.3 is 16.8 Å².